The number of nitrogens with zero attached hydrogens (tertiary/aromatic N) is 3. The molecule has 31 heavy (non-hydrogen) atoms. The maximum atomic E-state index is 13.6. The molecule has 0 saturated carbocycles. The normalized spacial score (nSPS) is 18.3. The Kier molecular flexibility index (Phi) is 6.21. The molecule has 0 N–H and O–H groups in total. The summed E-state index contributed by atoms with van der Waals surface area (Å²) in [6, 6.07) is 12.2. The van der Waals surface area contributed by atoms with E-state index < -0.39 is 17.9 Å². The van der Waals surface area contributed by atoms with Crippen LogP contribution in [0.2, 0.25) is 10.0 Å². The molecule has 1 amide bonds. The number of rotatable bonds is 6. The number of unbranched alkanes of at least 4 members (excludes halogenated alkanes) is 1. The lowest BCUT2D eigenvalue weighted by Gasteiger charge is -2.38. The summed E-state index contributed by atoms with van der Waals surface area (Å²) in [6.45, 7) is 4.44. The van der Waals surface area contributed by atoms with Gasteiger partial charge in [-0.1, -0.05) is 54.7 Å². The van der Waals surface area contributed by atoms with Crippen molar-refractivity contribution in [2.24, 2.45) is 5.92 Å². The van der Waals surface area contributed by atoms with Crippen molar-refractivity contribution in [3.63, 3.8) is 0 Å². The van der Waals surface area contributed by atoms with Crippen LogP contribution in [-0.4, -0.2) is 34.6 Å². The number of amides is 1. The Morgan fingerprint density at radius 3 is 2.61 bits per heavy atom. The van der Waals surface area contributed by atoms with Gasteiger partial charge in [-0.05, 0) is 43.2 Å². The lowest BCUT2D eigenvalue weighted by Crippen LogP contribution is -2.50. The number of carbonyl (C=O) groups is 2. The Morgan fingerprint density at radius 2 is 1.90 bits per heavy atom. The number of fused-ring (bicyclic) bond motifs is 3. The Labute approximate surface area is 190 Å². The fourth-order valence-electron chi connectivity index (χ4n) is 4.07. The molecule has 2 aromatic carbocycles. The second-order valence-electron chi connectivity index (χ2n) is 7.46. The van der Waals surface area contributed by atoms with Crippen molar-refractivity contribution >= 4 is 52.1 Å². The predicted octanol–water partition coefficient (Wildman–Crippen LogP) is 5.26. The highest BCUT2D eigenvalue weighted by Gasteiger charge is 2.47. The maximum absolute atomic E-state index is 13.6. The number of imidazole rings is 1. The van der Waals surface area contributed by atoms with Crippen LogP contribution in [0.15, 0.2) is 42.5 Å². The van der Waals surface area contributed by atoms with E-state index in [9.17, 15) is 9.59 Å². The average molecular weight is 460 g/mol. The molecule has 3 aromatic rings. The van der Waals surface area contributed by atoms with E-state index in [2.05, 4.69) is 6.92 Å². The van der Waals surface area contributed by atoms with Gasteiger partial charge in [-0.15, -0.1) is 0 Å². The van der Waals surface area contributed by atoms with Gasteiger partial charge in [0.05, 0.1) is 33.7 Å². The van der Waals surface area contributed by atoms with Crippen molar-refractivity contribution in [2.45, 2.75) is 32.7 Å². The Morgan fingerprint density at radius 1 is 1.13 bits per heavy atom. The SMILES string of the molecule is CCCCN1C(=O)[C@H](C(=O)OCC)[C@H](c2ccc(Cl)c(Cl)c2)n2c1nc1ccccc12. The van der Waals surface area contributed by atoms with Gasteiger partial charge in [0, 0.05) is 6.54 Å². The highest BCUT2D eigenvalue weighted by atomic mass is 35.5. The maximum Gasteiger partial charge on any atom is 0.321 e. The molecule has 162 valence electrons. The van der Waals surface area contributed by atoms with Crippen LogP contribution < -0.4 is 4.90 Å². The number of ether oxygens (including phenoxy) is 1. The van der Waals surface area contributed by atoms with E-state index in [4.69, 9.17) is 32.9 Å². The summed E-state index contributed by atoms with van der Waals surface area (Å²) < 4.78 is 7.29. The van der Waals surface area contributed by atoms with Gasteiger partial charge in [0.25, 0.3) is 0 Å². The minimum absolute atomic E-state index is 0.184. The zero-order chi connectivity index (χ0) is 22.1. The molecule has 0 fully saturated rings. The summed E-state index contributed by atoms with van der Waals surface area (Å²) in [5.41, 5.74) is 2.28. The van der Waals surface area contributed by atoms with Gasteiger partial charge >= 0.3 is 5.97 Å². The number of anilines is 1. The number of para-hydroxylation sites is 2. The first kappa shape index (κ1) is 21.7. The Balaban J connectivity index is 1.99. The first-order chi connectivity index (χ1) is 15.0. The fourth-order valence-corrected chi connectivity index (χ4v) is 4.38. The molecule has 2 heterocycles. The zero-order valence-corrected chi connectivity index (χ0v) is 18.9. The Bertz CT molecular complexity index is 1140. The third-order valence-electron chi connectivity index (χ3n) is 5.51. The van der Waals surface area contributed by atoms with Crippen LogP contribution in [-0.2, 0) is 14.3 Å². The molecule has 0 radical (unpaired) electrons. The van der Waals surface area contributed by atoms with Crippen molar-refractivity contribution in [3.8, 4) is 0 Å². The molecular weight excluding hydrogens is 437 g/mol. The van der Waals surface area contributed by atoms with Crippen molar-refractivity contribution in [1.29, 1.82) is 0 Å². The summed E-state index contributed by atoms with van der Waals surface area (Å²) >= 11 is 12.4. The standard InChI is InChI=1S/C23H23Cl2N3O3/c1-3-5-12-27-21(29)19(22(30)31-4-2)20(14-10-11-15(24)16(25)13-14)28-18-9-7-6-8-17(18)26-23(27)28/h6-11,13,19-20H,3-5,12H2,1-2H3/t19-,20+/m1/s1. The molecule has 1 aromatic heterocycles. The number of aromatic nitrogens is 2. The number of halogens is 2. The van der Waals surface area contributed by atoms with Crippen molar-refractivity contribution in [1.82, 2.24) is 9.55 Å². The minimum atomic E-state index is -1.06. The van der Waals surface area contributed by atoms with Crippen LogP contribution >= 0.6 is 23.2 Å². The molecule has 0 saturated heterocycles. The van der Waals surface area contributed by atoms with E-state index in [1.165, 1.54) is 0 Å². The second-order valence-corrected chi connectivity index (χ2v) is 8.28. The van der Waals surface area contributed by atoms with E-state index in [1.807, 2.05) is 28.8 Å². The van der Waals surface area contributed by atoms with Gasteiger partial charge in [-0.2, -0.15) is 0 Å². The summed E-state index contributed by atoms with van der Waals surface area (Å²) in [4.78, 5) is 33.1. The van der Waals surface area contributed by atoms with Gasteiger partial charge in [-0.3, -0.25) is 14.5 Å². The first-order valence-corrected chi connectivity index (χ1v) is 11.1. The minimum Gasteiger partial charge on any atom is -0.465 e. The van der Waals surface area contributed by atoms with E-state index in [1.54, 1.807) is 30.0 Å². The number of hydrogen-bond acceptors (Lipinski definition) is 4. The molecular formula is C23H23Cl2N3O3. The number of hydrogen-bond donors (Lipinski definition) is 0. The lowest BCUT2D eigenvalue weighted by molar-refractivity contribution is -0.153. The highest BCUT2D eigenvalue weighted by Crippen LogP contribution is 2.42. The van der Waals surface area contributed by atoms with Gasteiger partial charge in [0.1, 0.15) is 0 Å². The predicted molar refractivity (Wildman–Crippen MR) is 122 cm³/mol. The van der Waals surface area contributed by atoms with Crippen LogP contribution in [0.1, 0.15) is 38.3 Å². The van der Waals surface area contributed by atoms with Crippen molar-refractivity contribution in [2.75, 3.05) is 18.1 Å². The van der Waals surface area contributed by atoms with Crippen LogP contribution in [0.4, 0.5) is 5.95 Å². The molecule has 0 unspecified atom stereocenters. The second kappa shape index (κ2) is 8.89. The number of esters is 1. The van der Waals surface area contributed by atoms with Gasteiger partial charge in [0.15, 0.2) is 5.92 Å². The summed E-state index contributed by atoms with van der Waals surface area (Å²) in [6.07, 6.45) is 1.70. The average Bonchev–Trinajstić information content (AvgIpc) is 3.13. The zero-order valence-electron chi connectivity index (χ0n) is 17.3. The topological polar surface area (TPSA) is 64.4 Å². The van der Waals surface area contributed by atoms with Crippen molar-refractivity contribution < 1.29 is 14.3 Å². The first-order valence-electron chi connectivity index (χ1n) is 10.4. The summed E-state index contributed by atoms with van der Waals surface area (Å²) in [5, 5.41) is 0.758. The summed E-state index contributed by atoms with van der Waals surface area (Å²) in [5.74, 6) is -1.41. The monoisotopic (exact) mass is 459 g/mol. The van der Waals surface area contributed by atoms with Crippen LogP contribution in [0, 0.1) is 5.92 Å². The number of benzene rings is 2. The van der Waals surface area contributed by atoms with Crippen LogP contribution in [0.25, 0.3) is 11.0 Å². The smallest absolute Gasteiger partial charge is 0.321 e. The van der Waals surface area contributed by atoms with Crippen LogP contribution in [0.5, 0.6) is 0 Å². The van der Waals surface area contributed by atoms with Gasteiger partial charge in [0.2, 0.25) is 11.9 Å². The van der Waals surface area contributed by atoms with E-state index in [0.29, 0.717) is 28.1 Å². The molecule has 4 rings (SSSR count). The number of carbonyl (C=O) groups excluding carboxylic acids is 2. The molecule has 1 aliphatic rings. The Hall–Kier alpha value is -2.57. The van der Waals surface area contributed by atoms with Crippen LogP contribution in [0.3, 0.4) is 0 Å². The molecule has 6 nitrogen and oxygen atoms in total. The molecule has 0 bridgehead atoms. The quantitative estimate of drug-likeness (QED) is 0.372. The fraction of sp³-hybridized carbons (Fsp3) is 0.348. The van der Waals surface area contributed by atoms with Gasteiger partial charge < -0.3 is 9.30 Å². The van der Waals surface area contributed by atoms with E-state index in [-0.39, 0.29) is 12.5 Å². The van der Waals surface area contributed by atoms with E-state index in [0.717, 1.165) is 23.9 Å². The third kappa shape index (κ3) is 3.79. The summed E-state index contributed by atoms with van der Waals surface area (Å²) in [7, 11) is 0. The third-order valence-corrected chi connectivity index (χ3v) is 6.24. The molecule has 8 heteroatoms. The molecule has 1 aliphatic heterocycles. The largest absolute Gasteiger partial charge is 0.465 e. The lowest BCUT2D eigenvalue weighted by atomic mass is 9.89. The molecule has 2 atom stereocenters. The van der Waals surface area contributed by atoms with Crippen molar-refractivity contribution in [3.05, 3.63) is 58.1 Å². The molecule has 0 spiro atoms. The van der Waals surface area contributed by atoms with E-state index >= 15 is 0 Å². The molecule has 0 aliphatic carbocycles. The van der Waals surface area contributed by atoms with Gasteiger partial charge in [-0.25, -0.2) is 4.98 Å². The highest BCUT2D eigenvalue weighted by molar-refractivity contribution is 6.42.